The van der Waals surface area contributed by atoms with Gasteiger partial charge in [-0.25, -0.2) is 4.98 Å². The first-order valence-electron chi connectivity index (χ1n) is 3.60. The molecule has 0 amide bonds. The summed E-state index contributed by atoms with van der Waals surface area (Å²) >= 11 is 1.62. The second-order valence-corrected chi connectivity index (χ2v) is 3.46. The molecular formula is C8H12N2S. The van der Waals surface area contributed by atoms with Crippen molar-refractivity contribution in [1.29, 1.82) is 0 Å². The third-order valence-electron chi connectivity index (χ3n) is 1.45. The third kappa shape index (κ3) is 2.19. The van der Waals surface area contributed by atoms with Gasteiger partial charge in [0, 0.05) is 6.20 Å². The van der Waals surface area contributed by atoms with Crippen LogP contribution >= 0.6 is 11.8 Å². The lowest BCUT2D eigenvalue weighted by Crippen LogP contribution is -1.93. The van der Waals surface area contributed by atoms with Crippen LogP contribution in [0.25, 0.3) is 0 Å². The molecule has 0 aromatic carbocycles. The molecule has 3 heteroatoms. The van der Waals surface area contributed by atoms with Gasteiger partial charge in [0.15, 0.2) is 0 Å². The monoisotopic (exact) mass is 168 g/mol. The fourth-order valence-electron chi connectivity index (χ4n) is 0.730. The Morgan fingerprint density at radius 2 is 2.00 bits per heavy atom. The van der Waals surface area contributed by atoms with Gasteiger partial charge in [-0.1, -0.05) is 13.8 Å². The Bertz CT molecular complexity index is 218. The first kappa shape index (κ1) is 8.53. The maximum absolute atomic E-state index is 4.27. The number of thioether (sulfide) groups is 1. The predicted molar refractivity (Wildman–Crippen MR) is 47.9 cm³/mol. The van der Waals surface area contributed by atoms with Crippen molar-refractivity contribution in [2.75, 3.05) is 6.26 Å². The van der Waals surface area contributed by atoms with E-state index in [1.165, 1.54) is 0 Å². The Labute approximate surface area is 71.5 Å². The summed E-state index contributed by atoms with van der Waals surface area (Å²) in [4.78, 5) is 8.48. The lowest BCUT2D eigenvalue weighted by Gasteiger charge is -2.02. The lowest BCUT2D eigenvalue weighted by atomic mass is 10.1. The first-order chi connectivity index (χ1) is 5.24. The van der Waals surface area contributed by atoms with Crippen LogP contribution in [-0.2, 0) is 0 Å². The topological polar surface area (TPSA) is 25.8 Å². The number of aromatic nitrogens is 2. The van der Waals surface area contributed by atoms with E-state index in [-0.39, 0.29) is 0 Å². The average molecular weight is 168 g/mol. The molecule has 0 bridgehead atoms. The summed E-state index contributed by atoms with van der Waals surface area (Å²) in [6.07, 6.45) is 5.66. The summed E-state index contributed by atoms with van der Waals surface area (Å²) in [5, 5.41) is 0.981. The summed E-state index contributed by atoms with van der Waals surface area (Å²) in [5.41, 5.74) is 1.06. The highest BCUT2D eigenvalue weighted by molar-refractivity contribution is 7.98. The molecule has 1 rings (SSSR count). The number of hydrogen-bond acceptors (Lipinski definition) is 3. The van der Waals surface area contributed by atoms with Gasteiger partial charge in [0.05, 0.1) is 11.9 Å². The van der Waals surface area contributed by atoms with E-state index in [1.54, 1.807) is 11.8 Å². The molecule has 0 saturated heterocycles. The number of rotatable bonds is 2. The van der Waals surface area contributed by atoms with Gasteiger partial charge in [-0.2, -0.15) is 0 Å². The zero-order valence-corrected chi connectivity index (χ0v) is 7.85. The van der Waals surface area contributed by atoms with Crippen LogP contribution in [-0.4, -0.2) is 16.2 Å². The fraction of sp³-hybridized carbons (Fsp3) is 0.500. The Hall–Kier alpha value is -0.570. The molecular weight excluding hydrogens is 156 g/mol. The summed E-state index contributed by atoms with van der Waals surface area (Å²) in [6.45, 7) is 4.23. The fourth-order valence-corrected chi connectivity index (χ4v) is 1.05. The molecule has 0 aliphatic rings. The number of nitrogens with zero attached hydrogens (tertiary/aromatic N) is 2. The summed E-state index contributed by atoms with van der Waals surface area (Å²) in [6, 6.07) is 0. The second-order valence-electron chi connectivity index (χ2n) is 2.64. The molecule has 0 aliphatic carbocycles. The smallest absolute Gasteiger partial charge is 0.114 e. The van der Waals surface area contributed by atoms with Crippen LogP contribution in [0.15, 0.2) is 17.4 Å². The van der Waals surface area contributed by atoms with Crippen LogP contribution < -0.4 is 0 Å². The van der Waals surface area contributed by atoms with Gasteiger partial charge in [-0.3, -0.25) is 4.98 Å². The molecule has 1 aromatic rings. The van der Waals surface area contributed by atoms with E-state index in [1.807, 2.05) is 18.6 Å². The van der Waals surface area contributed by atoms with E-state index in [0.29, 0.717) is 5.92 Å². The van der Waals surface area contributed by atoms with E-state index in [2.05, 4.69) is 23.8 Å². The maximum Gasteiger partial charge on any atom is 0.114 e. The molecule has 0 spiro atoms. The molecule has 0 saturated carbocycles. The summed E-state index contributed by atoms with van der Waals surface area (Å²) in [7, 11) is 0. The van der Waals surface area contributed by atoms with E-state index < -0.39 is 0 Å². The SMILES string of the molecule is CSc1cnc(C(C)C)cn1. The molecule has 60 valence electrons. The van der Waals surface area contributed by atoms with Crippen molar-refractivity contribution in [3.63, 3.8) is 0 Å². The van der Waals surface area contributed by atoms with Crippen LogP contribution in [0.1, 0.15) is 25.5 Å². The maximum atomic E-state index is 4.27. The Balaban J connectivity index is 2.83. The molecule has 0 unspecified atom stereocenters. The van der Waals surface area contributed by atoms with Crippen LogP contribution in [0.2, 0.25) is 0 Å². The van der Waals surface area contributed by atoms with E-state index in [4.69, 9.17) is 0 Å². The Kier molecular flexibility index (Phi) is 2.88. The highest BCUT2D eigenvalue weighted by atomic mass is 32.2. The molecule has 0 fully saturated rings. The molecule has 1 aromatic heterocycles. The van der Waals surface area contributed by atoms with Gasteiger partial charge in [-0.15, -0.1) is 11.8 Å². The quantitative estimate of drug-likeness (QED) is 0.634. The van der Waals surface area contributed by atoms with Crippen molar-refractivity contribution in [2.24, 2.45) is 0 Å². The molecule has 1 heterocycles. The van der Waals surface area contributed by atoms with Gasteiger partial charge in [0.1, 0.15) is 5.03 Å². The minimum absolute atomic E-state index is 0.471. The van der Waals surface area contributed by atoms with Crippen molar-refractivity contribution in [3.05, 3.63) is 18.1 Å². The molecule has 0 N–H and O–H groups in total. The minimum atomic E-state index is 0.471. The highest BCUT2D eigenvalue weighted by Gasteiger charge is 1.99. The van der Waals surface area contributed by atoms with E-state index in [0.717, 1.165) is 10.7 Å². The van der Waals surface area contributed by atoms with Crippen LogP contribution in [0, 0.1) is 0 Å². The van der Waals surface area contributed by atoms with Crippen molar-refractivity contribution >= 4 is 11.8 Å². The van der Waals surface area contributed by atoms with Gasteiger partial charge in [0.2, 0.25) is 0 Å². The molecule has 0 atom stereocenters. The lowest BCUT2D eigenvalue weighted by molar-refractivity contribution is 0.799. The third-order valence-corrected chi connectivity index (χ3v) is 2.08. The van der Waals surface area contributed by atoms with Gasteiger partial charge >= 0.3 is 0 Å². The van der Waals surface area contributed by atoms with Crippen LogP contribution in [0.5, 0.6) is 0 Å². The van der Waals surface area contributed by atoms with Crippen LogP contribution in [0.3, 0.4) is 0 Å². The molecule has 0 radical (unpaired) electrons. The molecule has 0 aliphatic heterocycles. The predicted octanol–water partition coefficient (Wildman–Crippen LogP) is 2.32. The van der Waals surface area contributed by atoms with Crippen molar-refractivity contribution in [1.82, 2.24) is 9.97 Å². The highest BCUT2D eigenvalue weighted by Crippen LogP contribution is 2.13. The Morgan fingerprint density at radius 1 is 1.27 bits per heavy atom. The largest absolute Gasteiger partial charge is 0.257 e. The van der Waals surface area contributed by atoms with Crippen LogP contribution in [0.4, 0.5) is 0 Å². The zero-order valence-electron chi connectivity index (χ0n) is 7.03. The second kappa shape index (κ2) is 3.72. The van der Waals surface area contributed by atoms with Crippen molar-refractivity contribution in [2.45, 2.75) is 24.8 Å². The van der Waals surface area contributed by atoms with Gasteiger partial charge in [-0.05, 0) is 12.2 Å². The summed E-state index contributed by atoms with van der Waals surface area (Å²) in [5.74, 6) is 0.471. The average Bonchev–Trinajstić information content (AvgIpc) is 2.05. The minimum Gasteiger partial charge on any atom is -0.257 e. The van der Waals surface area contributed by atoms with E-state index >= 15 is 0 Å². The number of hydrogen-bond donors (Lipinski definition) is 0. The summed E-state index contributed by atoms with van der Waals surface area (Å²) < 4.78 is 0. The van der Waals surface area contributed by atoms with Crippen molar-refractivity contribution < 1.29 is 0 Å². The normalized spacial score (nSPS) is 10.5. The Morgan fingerprint density at radius 3 is 2.36 bits per heavy atom. The standard InChI is InChI=1S/C8H12N2S/c1-6(2)7-4-10-8(11-3)5-9-7/h4-6H,1-3H3. The van der Waals surface area contributed by atoms with Gasteiger partial charge in [0.25, 0.3) is 0 Å². The van der Waals surface area contributed by atoms with Gasteiger partial charge < -0.3 is 0 Å². The first-order valence-corrected chi connectivity index (χ1v) is 4.82. The molecule has 11 heavy (non-hydrogen) atoms. The van der Waals surface area contributed by atoms with E-state index in [9.17, 15) is 0 Å². The van der Waals surface area contributed by atoms with Crippen molar-refractivity contribution in [3.8, 4) is 0 Å². The molecule has 2 nitrogen and oxygen atoms in total. The zero-order chi connectivity index (χ0) is 8.27.